The molecule has 1 aliphatic rings. The minimum absolute atomic E-state index is 0.120. The summed E-state index contributed by atoms with van der Waals surface area (Å²) in [4.78, 5) is 8.73. The number of fused-ring (bicyclic) bond motifs is 1. The first-order valence-corrected chi connectivity index (χ1v) is 10.9. The Balaban J connectivity index is 1.37. The molecule has 166 valence electrons. The number of para-hydroxylation sites is 1. The van der Waals surface area contributed by atoms with Crippen LogP contribution in [0.2, 0.25) is 0 Å². The van der Waals surface area contributed by atoms with Crippen LogP contribution in [0.15, 0.2) is 77.9 Å². The first-order valence-electron chi connectivity index (χ1n) is 10.9. The average molecular weight is 431 g/mol. The number of ether oxygens (including phenoxy) is 2. The lowest BCUT2D eigenvalue weighted by Gasteiger charge is -2.38. The highest BCUT2D eigenvalue weighted by Gasteiger charge is 2.33. The summed E-state index contributed by atoms with van der Waals surface area (Å²) >= 11 is 0. The van der Waals surface area contributed by atoms with Gasteiger partial charge in [0.15, 0.2) is 5.96 Å². The zero-order chi connectivity index (χ0) is 22.4. The van der Waals surface area contributed by atoms with Crippen LogP contribution in [0, 0.1) is 0 Å². The smallest absolute Gasteiger partial charge is 0.191 e. The minimum Gasteiger partial charge on any atom is -0.487 e. The summed E-state index contributed by atoms with van der Waals surface area (Å²) in [6.07, 6.45) is 2.62. The largest absolute Gasteiger partial charge is 0.487 e. The molecule has 0 spiro atoms. The Morgan fingerprint density at radius 3 is 2.78 bits per heavy atom. The highest BCUT2D eigenvalue weighted by molar-refractivity contribution is 5.80. The SMILES string of the molecule is CN=C(NCc1cccc(OCc2ccccn2)c1)NC1CC(C)(C)Oc2ccccc21. The number of hydrogen-bond acceptors (Lipinski definition) is 4. The van der Waals surface area contributed by atoms with Crippen molar-refractivity contribution < 1.29 is 9.47 Å². The Hall–Kier alpha value is -3.54. The molecule has 1 unspecified atom stereocenters. The van der Waals surface area contributed by atoms with Crippen LogP contribution >= 0.6 is 0 Å². The van der Waals surface area contributed by atoms with E-state index in [1.165, 1.54) is 0 Å². The molecule has 4 rings (SSSR count). The van der Waals surface area contributed by atoms with E-state index < -0.39 is 0 Å². The summed E-state index contributed by atoms with van der Waals surface area (Å²) in [5, 5.41) is 6.99. The van der Waals surface area contributed by atoms with Gasteiger partial charge in [0.05, 0.1) is 11.7 Å². The van der Waals surface area contributed by atoms with Gasteiger partial charge in [-0.25, -0.2) is 0 Å². The van der Waals surface area contributed by atoms with E-state index in [2.05, 4.69) is 46.6 Å². The number of benzene rings is 2. The number of nitrogens with one attached hydrogen (secondary N) is 2. The molecule has 0 amide bonds. The second-order valence-electron chi connectivity index (χ2n) is 8.48. The molecule has 0 fully saturated rings. The van der Waals surface area contributed by atoms with Crippen LogP contribution in [0.4, 0.5) is 0 Å². The summed E-state index contributed by atoms with van der Waals surface area (Å²) < 4.78 is 12.0. The van der Waals surface area contributed by atoms with Crippen LogP contribution in [-0.2, 0) is 13.2 Å². The molecule has 1 aliphatic heterocycles. The van der Waals surface area contributed by atoms with Crippen LogP contribution in [0.1, 0.15) is 43.1 Å². The van der Waals surface area contributed by atoms with Crippen LogP contribution in [-0.4, -0.2) is 23.6 Å². The quantitative estimate of drug-likeness (QED) is 0.441. The van der Waals surface area contributed by atoms with Crippen molar-refractivity contribution in [1.29, 1.82) is 0 Å². The molecular weight excluding hydrogens is 400 g/mol. The summed E-state index contributed by atoms with van der Waals surface area (Å²) in [5.41, 5.74) is 2.92. The topological polar surface area (TPSA) is 67.8 Å². The van der Waals surface area contributed by atoms with Crippen molar-refractivity contribution in [3.63, 3.8) is 0 Å². The van der Waals surface area contributed by atoms with Gasteiger partial charge < -0.3 is 20.1 Å². The molecule has 1 atom stereocenters. The Morgan fingerprint density at radius 2 is 1.97 bits per heavy atom. The monoisotopic (exact) mass is 430 g/mol. The molecule has 6 nitrogen and oxygen atoms in total. The highest BCUT2D eigenvalue weighted by atomic mass is 16.5. The Labute approximate surface area is 189 Å². The van der Waals surface area contributed by atoms with Crippen molar-refractivity contribution in [3.8, 4) is 11.5 Å². The van der Waals surface area contributed by atoms with Gasteiger partial charge in [-0.3, -0.25) is 9.98 Å². The minimum atomic E-state index is -0.246. The zero-order valence-electron chi connectivity index (χ0n) is 18.8. The molecule has 3 aromatic rings. The second-order valence-corrected chi connectivity index (χ2v) is 8.48. The van der Waals surface area contributed by atoms with E-state index >= 15 is 0 Å². The van der Waals surface area contributed by atoms with E-state index in [4.69, 9.17) is 9.47 Å². The number of pyridine rings is 1. The number of nitrogens with zero attached hydrogens (tertiary/aromatic N) is 2. The first kappa shape index (κ1) is 21.7. The van der Waals surface area contributed by atoms with Gasteiger partial charge in [0, 0.05) is 31.8 Å². The third kappa shape index (κ3) is 5.58. The van der Waals surface area contributed by atoms with Crippen molar-refractivity contribution in [2.75, 3.05) is 7.05 Å². The molecule has 32 heavy (non-hydrogen) atoms. The number of aliphatic imine (C=N–C) groups is 1. The number of rotatable bonds is 6. The van der Waals surface area contributed by atoms with Gasteiger partial charge in [0.2, 0.25) is 0 Å². The van der Waals surface area contributed by atoms with Crippen molar-refractivity contribution in [2.45, 2.75) is 45.1 Å². The van der Waals surface area contributed by atoms with E-state index in [0.717, 1.165) is 40.7 Å². The standard InChI is InChI=1S/C26H30N4O2/c1-26(2)16-23(22-12-4-5-13-24(22)32-26)30-25(27-3)29-17-19-9-8-11-21(15-19)31-18-20-10-6-7-14-28-20/h4-15,23H,16-18H2,1-3H3,(H2,27,29,30). The van der Waals surface area contributed by atoms with Crippen LogP contribution in [0.5, 0.6) is 11.5 Å². The normalized spacial score (nSPS) is 17.1. The average Bonchev–Trinajstić information content (AvgIpc) is 2.80. The molecule has 0 saturated carbocycles. The molecule has 1 aromatic heterocycles. The molecule has 2 heterocycles. The van der Waals surface area contributed by atoms with Crippen molar-refractivity contribution in [3.05, 3.63) is 89.7 Å². The molecule has 2 aromatic carbocycles. The maximum Gasteiger partial charge on any atom is 0.191 e. The first-order chi connectivity index (χ1) is 15.5. The highest BCUT2D eigenvalue weighted by Crippen LogP contribution is 2.39. The Bertz CT molecular complexity index is 1070. The lowest BCUT2D eigenvalue weighted by Crippen LogP contribution is -2.45. The lowest BCUT2D eigenvalue weighted by atomic mass is 9.90. The lowest BCUT2D eigenvalue weighted by molar-refractivity contribution is 0.0694. The van der Waals surface area contributed by atoms with Gasteiger partial charge in [-0.2, -0.15) is 0 Å². The third-order valence-electron chi connectivity index (χ3n) is 5.38. The van der Waals surface area contributed by atoms with Gasteiger partial charge in [0.25, 0.3) is 0 Å². The number of aromatic nitrogens is 1. The van der Waals surface area contributed by atoms with Gasteiger partial charge in [-0.1, -0.05) is 36.4 Å². The van der Waals surface area contributed by atoms with Crippen LogP contribution < -0.4 is 20.1 Å². The molecule has 2 N–H and O–H groups in total. The summed E-state index contributed by atoms with van der Waals surface area (Å²) in [6.45, 7) is 5.31. The second kappa shape index (κ2) is 9.73. The van der Waals surface area contributed by atoms with Gasteiger partial charge in [0.1, 0.15) is 23.7 Å². The maximum atomic E-state index is 6.14. The molecule has 6 heteroatoms. The van der Waals surface area contributed by atoms with E-state index in [9.17, 15) is 0 Å². The van der Waals surface area contributed by atoms with Crippen molar-refractivity contribution in [1.82, 2.24) is 15.6 Å². The van der Waals surface area contributed by atoms with Crippen molar-refractivity contribution in [2.24, 2.45) is 4.99 Å². The van der Waals surface area contributed by atoms with Gasteiger partial charge in [-0.05, 0) is 49.7 Å². The van der Waals surface area contributed by atoms with E-state index in [0.29, 0.717) is 13.2 Å². The van der Waals surface area contributed by atoms with E-state index in [1.54, 1.807) is 13.2 Å². The summed E-state index contributed by atoms with van der Waals surface area (Å²) in [6, 6.07) is 22.2. The van der Waals surface area contributed by atoms with E-state index in [-0.39, 0.29) is 11.6 Å². The number of hydrogen-bond donors (Lipinski definition) is 2. The number of guanidine groups is 1. The summed E-state index contributed by atoms with van der Waals surface area (Å²) in [5.74, 6) is 2.50. The molecule has 0 bridgehead atoms. The maximum absolute atomic E-state index is 6.14. The predicted molar refractivity (Wildman–Crippen MR) is 127 cm³/mol. The molecule has 0 saturated heterocycles. The molecule has 0 aliphatic carbocycles. The summed E-state index contributed by atoms with van der Waals surface area (Å²) in [7, 11) is 1.79. The van der Waals surface area contributed by atoms with Crippen LogP contribution in [0.25, 0.3) is 0 Å². The van der Waals surface area contributed by atoms with Gasteiger partial charge >= 0.3 is 0 Å². The Morgan fingerprint density at radius 1 is 1.12 bits per heavy atom. The Kier molecular flexibility index (Phi) is 6.59. The predicted octanol–water partition coefficient (Wildman–Crippen LogP) is 4.63. The fourth-order valence-electron chi connectivity index (χ4n) is 3.86. The third-order valence-corrected chi connectivity index (χ3v) is 5.38. The fraction of sp³-hybridized carbons (Fsp3) is 0.308. The fourth-order valence-corrected chi connectivity index (χ4v) is 3.86. The van der Waals surface area contributed by atoms with E-state index in [1.807, 2.05) is 54.6 Å². The zero-order valence-corrected chi connectivity index (χ0v) is 18.8. The molecule has 0 radical (unpaired) electrons. The molecular formula is C26H30N4O2. The van der Waals surface area contributed by atoms with Crippen LogP contribution in [0.3, 0.4) is 0 Å². The van der Waals surface area contributed by atoms with Gasteiger partial charge in [-0.15, -0.1) is 0 Å². The van der Waals surface area contributed by atoms with Crippen molar-refractivity contribution >= 4 is 5.96 Å².